The zero-order chi connectivity index (χ0) is 8.53. The third kappa shape index (κ3) is 7.04. The van der Waals surface area contributed by atoms with Gasteiger partial charge in [-0.05, 0) is 26.7 Å². The molecule has 0 fully saturated rings. The summed E-state index contributed by atoms with van der Waals surface area (Å²) in [6, 6.07) is 0. The van der Waals surface area contributed by atoms with Gasteiger partial charge in [-0.1, -0.05) is 25.2 Å². The lowest BCUT2D eigenvalue weighted by Crippen LogP contribution is -1.72. The van der Waals surface area contributed by atoms with E-state index in [0.29, 0.717) is 0 Å². The van der Waals surface area contributed by atoms with E-state index in [0.717, 1.165) is 18.5 Å². The molecule has 0 saturated heterocycles. The van der Waals surface area contributed by atoms with E-state index < -0.39 is 0 Å². The van der Waals surface area contributed by atoms with Crippen LogP contribution in [0.15, 0.2) is 28.9 Å². The Balaban J connectivity index is 3.71. The van der Waals surface area contributed by atoms with Crippen LogP contribution >= 0.6 is 0 Å². The SMILES string of the molecule is C/C=C/C/C=C(C)\N=C\CC. The first-order valence-electron chi connectivity index (χ1n) is 4.11. The van der Waals surface area contributed by atoms with Crippen molar-refractivity contribution < 1.29 is 0 Å². The molecule has 0 saturated carbocycles. The number of rotatable bonds is 4. The first-order chi connectivity index (χ1) is 5.31. The molecule has 0 aromatic rings. The smallest absolute Gasteiger partial charge is 0.0332 e. The largest absolute Gasteiger partial charge is 0.266 e. The molecule has 0 amide bonds. The molecule has 0 aliphatic heterocycles. The standard InChI is InChI=1S/C10H17N/c1-4-6-7-8-10(3)11-9-5-2/h4,6,8-9H,5,7H2,1-3H3/b6-4+,10-8-,11-9+. The van der Waals surface area contributed by atoms with Gasteiger partial charge in [0.1, 0.15) is 0 Å². The van der Waals surface area contributed by atoms with E-state index in [2.05, 4.69) is 24.1 Å². The molecule has 1 nitrogen and oxygen atoms in total. The van der Waals surface area contributed by atoms with E-state index in [1.54, 1.807) is 0 Å². The van der Waals surface area contributed by atoms with Crippen molar-refractivity contribution in [1.82, 2.24) is 0 Å². The van der Waals surface area contributed by atoms with E-state index in [1.807, 2.05) is 26.1 Å². The Morgan fingerprint density at radius 3 is 2.73 bits per heavy atom. The fraction of sp³-hybridized carbons (Fsp3) is 0.500. The van der Waals surface area contributed by atoms with Gasteiger partial charge in [0.05, 0.1) is 0 Å². The molecule has 0 aliphatic rings. The molecule has 62 valence electrons. The van der Waals surface area contributed by atoms with Crippen LogP contribution in [0.25, 0.3) is 0 Å². The number of nitrogens with zero attached hydrogens (tertiary/aromatic N) is 1. The van der Waals surface area contributed by atoms with Crippen molar-refractivity contribution in [2.75, 3.05) is 0 Å². The molecule has 0 heterocycles. The van der Waals surface area contributed by atoms with Gasteiger partial charge in [-0.25, -0.2) is 0 Å². The summed E-state index contributed by atoms with van der Waals surface area (Å²) >= 11 is 0. The second kappa shape index (κ2) is 7.26. The van der Waals surface area contributed by atoms with Gasteiger partial charge < -0.3 is 0 Å². The number of hydrogen-bond donors (Lipinski definition) is 0. The van der Waals surface area contributed by atoms with E-state index in [4.69, 9.17) is 0 Å². The highest BCUT2D eigenvalue weighted by Gasteiger charge is 1.78. The Morgan fingerprint density at radius 1 is 1.45 bits per heavy atom. The first kappa shape index (κ1) is 10.2. The fourth-order valence-electron chi connectivity index (χ4n) is 0.663. The predicted octanol–water partition coefficient (Wildman–Crippen LogP) is 3.34. The highest BCUT2D eigenvalue weighted by atomic mass is 14.7. The van der Waals surface area contributed by atoms with Gasteiger partial charge in [0, 0.05) is 11.9 Å². The van der Waals surface area contributed by atoms with Crippen LogP contribution in [0.1, 0.15) is 33.6 Å². The molecule has 0 aliphatic carbocycles. The molecular formula is C10H17N. The lowest BCUT2D eigenvalue weighted by atomic mass is 10.3. The average molecular weight is 151 g/mol. The van der Waals surface area contributed by atoms with Gasteiger partial charge in [0.15, 0.2) is 0 Å². The van der Waals surface area contributed by atoms with Crippen LogP contribution in [0.2, 0.25) is 0 Å². The molecular weight excluding hydrogens is 134 g/mol. The number of allylic oxidation sites excluding steroid dienone is 4. The van der Waals surface area contributed by atoms with Gasteiger partial charge in [0.2, 0.25) is 0 Å². The minimum Gasteiger partial charge on any atom is -0.266 e. The normalized spacial score (nSPS) is 13.5. The van der Waals surface area contributed by atoms with E-state index in [1.165, 1.54) is 0 Å². The Labute approximate surface area is 69.5 Å². The van der Waals surface area contributed by atoms with E-state index in [-0.39, 0.29) is 0 Å². The summed E-state index contributed by atoms with van der Waals surface area (Å²) in [4.78, 5) is 4.22. The molecule has 11 heavy (non-hydrogen) atoms. The molecule has 0 bridgehead atoms. The van der Waals surface area contributed by atoms with Crippen molar-refractivity contribution in [2.24, 2.45) is 4.99 Å². The Kier molecular flexibility index (Phi) is 6.70. The summed E-state index contributed by atoms with van der Waals surface area (Å²) in [5.74, 6) is 0. The second-order valence-corrected chi connectivity index (χ2v) is 2.37. The minimum absolute atomic E-state index is 0.989. The molecule has 0 unspecified atom stereocenters. The van der Waals surface area contributed by atoms with Crippen LogP contribution in [0.4, 0.5) is 0 Å². The van der Waals surface area contributed by atoms with Gasteiger partial charge >= 0.3 is 0 Å². The molecule has 0 aromatic heterocycles. The summed E-state index contributed by atoms with van der Waals surface area (Å²) in [5.41, 5.74) is 1.10. The van der Waals surface area contributed by atoms with Crippen LogP contribution in [0, 0.1) is 0 Å². The number of aliphatic imine (C=N–C) groups is 1. The third-order valence-electron chi connectivity index (χ3n) is 1.26. The van der Waals surface area contributed by atoms with Crippen molar-refractivity contribution >= 4 is 6.21 Å². The van der Waals surface area contributed by atoms with Crippen molar-refractivity contribution in [3.8, 4) is 0 Å². The van der Waals surface area contributed by atoms with Crippen LogP contribution in [-0.4, -0.2) is 6.21 Å². The zero-order valence-electron chi connectivity index (χ0n) is 7.67. The van der Waals surface area contributed by atoms with Crippen LogP contribution < -0.4 is 0 Å². The Hall–Kier alpha value is -0.850. The molecule has 0 aromatic carbocycles. The molecule has 0 radical (unpaired) electrons. The van der Waals surface area contributed by atoms with Crippen molar-refractivity contribution in [1.29, 1.82) is 0 Å². The number of hydrogen-bond acceptors (Lipinski definition) is 1. The molecule has 1 heteroatoms. The first-order valence-corrected chi connectivity index (χ1v) is 4.11. The minimum atomic E-state index is 0.989. The second-order valence-electron chi connectivity index (χ2n) is 2.37. The van der Waals surface area contributed by atoms with E-state index in [9.17, 15) is 0 Å². The van der Waals surface area contributed by atoms with Crippen LogP contribution in [0.3, 0.4) is 0 Å². The maximum Gasteiger partial charge on any atom is 0.0332 e. The summed E-state index contributed by atoms with van der Waals surface area (Å²) in [6.45, 7) is 6.14. The van der Waals surface area contributed by atoms with Crippen molar-refractivity contribution in [2.45, 2.75) is 33.6 Å². The molecule has 0 atom stereocenters. The third-order valence-corrected chi connectivity index (χ3v) is 1.26. The quantitative estimate of drug-likeness (QED) is 0.431. The summed E-state index contributed by atoms with van der Waals surface area (Å²) in [7, 11) is 0. The monoisotopic (exact) mass is 151 g/mol. The predicted molar refractivity (Wildman–Crippen MR) is 52.0 cm³/mol. The summed E-state index contributed by atoms with van der Waals surface area (Å²) < 4.78 is 0. The Morgan fingerprint density at radius 2 is 2.18 bits per heavy atom. The lowest BCUT2D eigenvalue weighted by Gasteiger charge is -1.88. The molecule has 0 spiro atoms. The zero-order valence-corrected chi connectivity index (χ0v) is 7.67. The van der Waals surface area contributed by atoms with Crippen LogP contribution in [0.5, 0.6) is 0 Å². The van der Waals surface area contributed by atoms with Crippen molar-refractivity contribution in [3.63, 3.8) is 0 Å². The topological polar surface area (TPSA) is 12.4 Å². The van der Waals surface area contributed by atoms with Gasteiger partial charge in [0.25, 0.3) is 0 Å². The van der Waals surface area contributed by atoms with Crippen molar-refractivity contribution in [3.05, 3.63) is 23.9 Å². The van der Waals surface area contributed by atoms with Gasteiger partial charge in [-0.15, -0.1) is 0 Å². The summed E-state index contributed by atoms with van der Waals surface area (Å²) in [5, 5.41) is 0. The average Bonchev–Trinajstić information content (AvgIpc) is 2.01. The van der Waals surface area contributed by atoms with Crippen LogP contribution in [-0.2, 0) is 0 Å². The lowest BCUT2D eigenvalue weighted by molar-refractivity contribution is 1.21. The van der Waals surface area contributed by atoms with E-state index >= 15 is 0 Å². The summed E-state index contributed by atoms with van der Waals surface area (Å²) in [6.07, 6.45) is 10.2. The molecule has 0 N–H and O–H groups in total. The Bertz CT molecular complexity index is 164. The maximum absolute atomic E-state index is 4.22. The maximum atomic E-state index is 4.22. The fourth-order valence-corrected chi connectivity index (χ4v) is 0.663. The van der Waals surface area contributed by atoms with Gasteiger partial charge in [-0.2, -0.15) is 0 Å². The van der Waals surface area contributed by atoms with Gasteiger partial charge in [-0.3, -0.25) is 4.99 Å². The highest BCUT2D eigenvalue weighted by molar-refractivity contribution is 5.58. The highest BCUT2D eigenvalue weighted by Crippen LogP contribution is 1.97. The molecule has 0 rings (SSSR count).